The molecule has 2 aromatic carbocycles. The molecule has 6 heterocycles. The van der Waals surface area contributed by atoms with E-state index in [2.05, 4.69) is 21.1 Å². The second-order valence-corrected chi connectivity index (χ2v) is 15.4. The molecule has 5 atom stereocenters. The molecule has 3 saturated heterocycles. The maximum absolute atomic E-state index is 17.1. The highest BCUT2D eigenvalue weighted by Gasteiger charge is 2.51. The SMILES string of the molecule is Cc1nc2c(F)c(-c3cccc(Cl)c3Cl)c(CCC#N)cc2c2c1cc([C@H]1C[C@H](Oc3cnn(C(F)(F)F)c3)CN1C(=O)C1CC1)n2[C@H]1[C@H]2CN[C@@H]1C2. The third-order valence-electron chi connectivity index (χ3n) is 11.4. The fourth-order valence-corrected chi connectivity index (χ4v) is 9.16. The van der Waals surface area contributed by atoms with Crippen molar-refractivity contribution >= 4 is 50.9 Å². The quantitative estimate of drug-likeness (QED) is 0.159. The van der Waals surface area contributed by atoms with Crippen LogP contribution in [-0.4, -0.2) is 55.4 Å². The summed E-state index contributed by atoms with van der Waals surface area (Å²) in [6.45, 7) is 2.85. The highest BCUT2D eigenvalue weighted by Crippen LogP contribution is 2.51. The Kier molecular flexibility index (Phi) is 8.18. The zero-order chi connectivity index (χ0) is 36.9. The molecule has 5 aliphatic rings. The fraction of sp³-hybridized carbons (Fsp3) is 0.421. The molecule has 5 aromatic rings. The normalized spacial score (nSPS) is 23.9. The van der Waals surface area contributed by atoms with Crippen LogP contribution in [0.4, 0.5) is 17.6 Å². The number of carbonyl (C=O) groups is 1. The summed E-state index contributed by atoms with van der Waals surface area (Å²) in [7, 11) is 0. The van der Waals surface area contributed by atoms with Crippen molar-refractivity contribution < 1.29 is 27.1 Å². The summed E-state index contributed by atoms with van der Waals surface area (Å²) in [5.41, 5.74) is 3.67. The van der Waals surface area contributed by atoms with Crippen LogP contribution in [0.3, 0.4) is 0 Å². The van der Waals surface area contributed by atoms with Crippen molar-refractivity contribution in [3.8, 4) is 22.9 Å². The molecule has 10 rings (SSSR count). The van der Waals surface area contributed by atoms with E-state index in [1.807, 2.05) is 24.0 Å². The smallest absolute Gasteiger partial charge is 0.485 e. The monoisotopic (exact) mass is 765 g/mol. The second-order valence-electron chi connectivity index (χ2n) is 14.6. The van der Waals surface area contributed by atoms with Crippen LogP contribution >= 0.6 is 23.2 Å². The first kappa shape index (κ1) is 34.4. The Bertz CT molecular complexity index is 2350. The van der Waals surface area contributed by atoms with Crippen molar-refractivity contribution in [1.29, 1.82) is 5.26 Å². The number of fused-ring (bicyclic) bond motifs is 4. The molecule has 5 fully saturated rings. The Hall–Kier alpha value is -4.38. The number of ether oxygens (including phenoxy) is 1. The first-order valence-corrected chi connectivity index (χ1v) is 18.5. The number of rotatable bonds is 8. The number of aryl methyl sites for hydroxylation is 2. The predicted octanol–water partition coefficient (Wildman–Crippen LogP) is 8.40. The van der Waals surface area contributed by atoms with Crippen LogP contribution in [0.25, 0.3) is 32.9 Å². The maximum Gasteiger partial charge on any atom is 0.504 e. The van der Waals surface area contributed by atoms with Crippen molar-refractivity contribution in [3.05, 3.63) is 75.5 Å². The molecule has 2 saturated carbocycles. The molecule has 2 aliphatic carbocycles. The van der Waals surface area contributed by atoms with E-state index in [0.29, 0.717) is 34.5 Å². The predicted molar refractivity (Wildman–Crippen MR) is 190 cm³/mol. The van der Waals surface area contributed by atoms with Crippen molar-refractivity contribution in [2.24, 2.45) is 11.8 Å². The van der Waals surface area contributed by atoms with E-state index in [-0.39, 0.29) is 74.9 Å². The van der Waals surface area contributed by atoms with Crippen molar-refractivity contribution in [2.75, 3.05) is 13.1 Å². The van der Waals surface area contributed by atoms with Gasteiger partial charge in [-0.2, -0.15) is 15.0 Å². The van der Waals surface area contributed by atoms with Crippen molar-refractivity contribution in [1.82, 2.24) is 29.5 Å². The first-order valence-electron chi connectivity index (χ1n) is 17.7. The van der Waals surface area contributed by atoms with Gasteiger partial charge in [-0.25, -0.2) is 9.37 Å². The number of nitrogens with one attached hydrogen (secondary N) is 1. The molecular weight excluding hydrogens is 733 g/mol. The minimum atomic E-state index is -4.69. The number of hydrogen-bond acceptors (Lipinski definition) is 6. The molecule has 9 nitrogen and oxygen atoms in total. The Balaban J connectivity index is 1.23. The van der Waals surface area contributed by atoms with Gasteiger partial charge in [0.1, 0.15) is 11.6 Å². The number of nitrogens with zero attached hydrogens (tertiary/aromatic N) is 6. The number of hydrogen-bond donors (Lipinski definition) is 1. The number of nitriles is 1. The van der Waals surface area contributed by atoms with Gasteiger partial charge in [0.15, 0.2) is 11.6 Å². The lowest BCUT2D eigenvalue weighted by Gasteiger charge is -2.39. The number of amides is 1. The van der Waals surface area contributed by atoms with E-state index in [1.165, 1.54) is 0 Å². The first-order chi connectivity index (χ1) is 25.4. The number of benzene rings is 2. The average Bonchev–Trinajstić information content (AvgIpc) is 3.59. The van der Waals surface area contributed by atoms with Gasteiger partial charge in [-0.15, -0.1) is 13.2 Å². The third kappa shape index (κ3) is 5.63. The number of carbonyl (C=O) groups excluding carboxylic acids is 1. The molecule has 3 aliphatic heterocycles. The Labute approximate surface area is 311 Å². The van der Waals surface area contributed by atoms with Crippen LogP contribution in [0.2, 0.25) is 10.0 Å². The van der Waals surface area contributed by atoms with Gasteiger partial charge in [-0.3, -0.25) is 4.79 Å². The Morgan fingerprint density at radius 1 is 1.17 bits per heavy atom. The molecule has 1 N–H and O–H groups in total. The number of aromatic nitrogens is 4. The fourth-order valence-electron chi connectivity index (χ4n) is 8.77. The van der Waals surface area contributed by atoms with Gasteiger partial charge in [0.05, 0.1) is 52.7 Å². The number of pyridine rings is 1. The zero-order valence-electron chi connectivity index (χ0n) is 28.4. The molecule has 1 amide bonds. The van der Waals surface area contributed by atoms with E-state index < -0.39 is 24.3 Å². The summed E-state index contributed by atoms with van der Waals surface area (Å²) in [5, 5.41) is 18.5. The maximum atomic E-state index is 17.1. The highest BCUT2D eigenvalue weighted by molar-refractivity contribution is 6.43. The van der Waals surface area contributed by atoms with Crippen LogP contribution in [-0.2, 0) is 17.5 Å². The van der Waals surface area contributed by atoms with Gasteiger partial charge in [0, 0.05) is 64.6 Å². The molecule has 0 radical (unpaired) electrons. The van der Waals surface area contributed by atoms with E-state index >= 15 is 4.39 Å². The number of halogens is 6. The van der Waals surface area contributed by atoms with Crippen LogP contribution in [0.15, 0.2) is 42.7 Å². The van der Waals surface area contributed by atoms with Crippen molar-refractivity contribution in [3.63, 3.8) is 0 Å². The van der Waals surface area contributed by atoms with Gasteiger partial charge in [0.25, 0.3) is 0 Å². The van der Waals surface area contributed by atoms with Gasteiger partial charge >= 0.3 is 6.30 Å². The lowest BCUT2D eigenvalue weighted by molar-refractivity contribution is -0.212. The molecule has 0 unspecified atom stereocenters. The van der Waals surface area contributed by atoms with Gasteiger partial charge in [0.2, 0.25) is 5.91 Å². The summed E-state index contributed by atoms with van der Waals surface area (Å²) >= 11 is 13.0. The van der Waals surface area contributed by atoms with Crippen LogP contribution < -0.4 is 10.1 Å². The lowest BCUT2D eigenvalue weighted by atomic mass is 9.79. The average molecular weight is 767 g/mol. The van der Waals surface area contributed by atoms with Crippen LogP contribution in [0.1, 0.15) is 61.1 Å². The highest BCUT2D eigenvalue weighted by atomic mass is 35.5. The molecule has 3 aromatic heterocycles. The minimum absolute atomic E-state index is 0.00817. The van der Waals surface area contributed by atoms with Crippen molar-refractivity contribution in [2.45, 2.75) is 76.0 Å². The minimum Gasteiger partial charge on any atom is -0.485 e. The van der Waals surface area contributed by atoms with Gasteiger partial charge in [-0.1, -0.05) is 35.3 Å². The molecule has 53 heavy (non-hydrogen) atoms. The standard InChI is InChI=1S/C38H33Cl2F4N7O2/c1-18-25-13-30(29-12-22(16-49(29)37(52)19-7-8-19)53-23-15-47-50(17-23)38(42,43)44)51(35-21-11-28(35)46-14-21)36(25)26-10-20(4-3-9-45)31(33(41)34(26)48-18)24-5-2-6-27(39)32(24)40/h2,5-6,10,13,15,17,19,21-22,28-29,35,46H,3-4,7-8,11-12,14,16H2,1H3/t21-,22+,28-,29-,35+/m1/s1. The zero-order valence-corrected chi connectivity index (χ0v) is 29.9. The molecule has 274 valence electrons. The summed E-state index contributed by atoms with van der Waals surface area (Å²) in [5.74, 6) is -0.407. The number of likely N-dealkylation sites (tertiary alicyclic amines) is 1. The summed E-state index contributed by atoms with van der Waals surface area (Å²) in [6, 6.07) is 10.9. The summed E-state index contributed by atoms with van der Waals surface area (Å²) in [6.07, 6.45) is -0.150. The summed E-state index contributed by atoms with van der Waals surface area (Å²) in [4.78, 5) is 20.6. The second kappa shape index (κ2) is 12.6. The molecule has 2 bridgehead atoms. The number of alkyl halides is 3. The summed E-state index contributed by atoms with van der Waals surface area (Å²) < 4.78 is 65.4. The Morgan fingerprint density at radius 3 is 2.66 bits per heavy atom. The van der Waals surface area contributed by atoms with Crippen LogP contribution in [0.5, 0.6) is 5.75 Å². The van der Waals surface area contributed by atoms with E-state index in [4.69, 9.17) is 32.9 Å². The third-order valence-corrected chi connectivity index (χ3v) is 12.2. The van der Waals surface area contributed by atoms with Gasteiger partial charge < -0.3 is 19.5 Å². The Morgan fingerprint density at radius 2 is 1.98 bits per heavy atom. The largest absolute Gasteiger partial charge is 0.504 e. The van der Waals surface area contributed by atoms with E-state index in [1.54, 1.807) is 18.2 Å². The molecule has 0 spiro atoms. The topological polar surface area (TPSA) is 101 Å². The lowest BCUT2D eigenvalue weighted by Crippen LogP contribution is -2.41. The van der Waals surface area contributed by atoms with E-state index in [0.717, 1.165) is 54.8 Å². The molecule has 15 heteroatoms. The molecular formula is C38H33Cl2F4N7O2. The van der Waals surface area contributed by atoms with Crippen LogP contribution in [0, 0.1) is 35.9 Å². The van der Waals surface area contributed by atoms with Gasteiger partial charge in [-0.05, 0) is 62.3 Å². The van der Waals surface area contributed by atoms with E-state index in [9.17, 15) is 23.2 Å².